The van der Waals surface area contributed by atoms with Crippen molar-refractivity contribution >= 4 is 5.97 Å². The average molecular weight is 277 g/mol. The molecule has 1 aliphatic heterocycles. The number of hydrogen-bond donors (Lipinski definition) is 0. The number of likely N-dealkylation sites (N-methyl/N-ethyl adjacent to an activating group) is 1. The molecule has 0 N–H and O–H groups in total. The lowest BCUT2D eigenvalue weighted by Gasteiger charge is -2.39. The predicted octanol–water partition coefficient (Wildman–Crippen LogP) is 1.39. The third-order valence-corrected chi connectivity index (χ3v) is 3.89. The molecule has 2 heterocycles. The van der Waals surface area contributed by atoms with Gasteiger partial charge in [0.1, 0.15) is 0 Å². The predicted molar refractivity (Wildman–Crippen MR) is 77.6 cm³/mol. The highest BCUT2D eigenvalue weighted by atomic mass is 16.5. The van der Waals surface area contributed by atoms with E-state index in [1.54, 1.807) is 12.3 Å². The van der Waals surface area contributed by atoms with E-state index in [2.05, 4.69) is 33.4 Å². The fourth-order valence-corrected chi connectivity index (χ4v) is 2.67. The summed E-state index contributed by atoms with van der Waals surface area (Å²) in [7, 11) is 1.38. The minimum Gasteiger partial charge on any atom is -0.465 e. The Morgan fingerprint density at radius 3 is 2.80 bits per heavy atom. The lowest BCUT2D eigenvalue weighted by Crippen LogP contribution is -2.51. The van der Waals surface area contributed by atoms with Gasteiger partial charge in [-0.1, -0.05) is 6.92 Å². The van der Waals surface area contributed by atoms with Crippen LogP contribution in [0.2, 0.25) is 0 Å². The van der Waals surface area contributed by atoms with Crippen LogP contribution in [0.4, 0.5) is 0 Å². The van der Waals surface area contributed by atoms with Crippen molar-refractivity contribution in [3.63, 3.8) is 0 Å². The summed E-state index contributed by atoms with van der Waals surface area (Å²) >= 11 is 0. The van der Waals surface area contributed by atoms with Crippen LogP contribution in [0.15, 0.2) is 18.3 Å². The number of methoxy groups -OCH3 is 1. The van der Waals surface area contributed by atoms with Gasteiger partial charge in [0.15, 0.2) is 0 Å². The van der Waals surface area contributed by atoms with Crippen molar-refractivity contribution in [2.24, 2.45) is 0 Å². The Labute approximate surface area is 120 Å². The highest BCUT2D eigenvalue weighted by Gasteiger charge is 2.22. The molecule has 1 saturated heterocycles. The first-order chi connectivity index (χ1) is 9.63. The molecule has 20 heavy (non-hydrogen) atoms. The maximum Gasteiger partial charge on any atom is 0.339 e. The zero-order chi connectivity index (χ0) is 14.5. The molecular weight excluding hydrogens is 254 g/mol. The number of esters is 1. The maximum atomic E-state index is 11.3. The second kappa shape index (κ2) is 6.81. The van der Waals surface area contributed by atoms with Crippen LogP contribution in [-0.4, -0.2) is 60.1 Å². The van der Waals surface area contributed by atoms with Gasteiger partial charge in [0.2, 0.25) is 0 Å². The molecule has 2 rings (SSSR count). The van der Waals surface area contributed by atoms with E-state index in [0.717, 1.165) is 38.4 Å². The summed E-state index contributed by atoms with van der Waals surface area (Å²) in [5, 5.41) is 0. The normalized spacial score (nSPS) is 20.9. The molecule has 5 heteroatoms. The van der Waals surface area contributed by atoms with Crippen molar-refractivity contribution in [1.82, 2.24) is 14.8 Å². The van der Waals surface area contributed by atoms with E-state index in [1.165, 1.54) is 7.11 Å². The summed E-state index contributed by atoms with van der Waals surface area (Å²) in [5.41, 5.74) is 1.50. The summed E-state index contributed by atoms with van der Waals surface area (Å²) in [5.74, 6) is -0.339. The van der Waals surface area contributed by atoms with Gasteiger partial charge in [-0.3, -0.25) is 14.8 Å². The minimum absolute atomic E-state index is 0.339. The number of piperazine rings is 1. The van der Waals surface area contributed by atoms with E-state index in [9.17, 15) is 4.79 Å². The summed E-state index contributed by atoms with van der Waals surface area (Å²) in [4.78, 5) is 20.6. The van der Waals surface area contributed by atoms with Crippen LogP contribution in [0.3, 0.4) is 0 Å². The molecule has 1 atom stereocenters. The molecule has 0 spiro atoms. The molecule has 0 amide bonds. The molecule has 1 aromatic rings. The molecule has 0 radical (unpaired) electrons. The highest BCUT2D eigenvalue weighted by Crippen LogP contribution is 2.12. The molecule has 0 bridgehead atoms. The maximum absolute atomic E-state index is 11.3. The standard InChI is InChI=1S/C15H23N3O2/c1-4-18-8-7-17(10-12(18)2)11-14-6-5-13(9-16-14)15(19)20-3/h5-6,9,12H,4,7-8,10-11H2,1-3H3. The summed E-state index contributed by atoms with van der Waals surface area (Å²) in [6.45, 7) is 9.66. The fraction of sp³-hybridized carbons (Fsp3) is 0.600. The number of nitrogens with zero attached hydrogens (tertiary/aromatic N) is 3. The van der Waals surface area contributed by atoms with E-state index < -0.39 is 0 Å². The molecule has 1 aliphatic rings. The Balaban J connectivity index is 1.92. The largest absolute Gasteiger partial charge is 0.465 e. The van der Waals surface area contributed by atoms with Gasteiger partial charge in [-0.2, -0.15) is 0 Å². The summed E-state index contributed by atoms with van der Waals surface area (Å²) in [6.07, 6.45) is 1.59. The van der Waals surface area contributed by atoms with Gasteiger partial charge < -0.3 is 4.74 Å². The van der Waals surface area contributed by atoms with Gasteiger partial charge in [-0.05, 0) is 25.6 Å². The number of aromatic nitrogens is 1. The Morgan fingerprint density at radius 1 is 1.45 bits per heavy atom. The summed E-state index contributed by atoms with van der Waals surface area (Å²) in [6, 6.07) is 4.27. The average Bonchev–Trinajstić information content (AvgIpc) is 2.47. The first kappa shape index (κ1) is 14.9. The summed E-state index contributed by atoms with van der Waals surface area (Å²) < 4.78 is 4.67. The van der Waals surface area contributed by atoms with Crippen LogP contribution in [-0.2, 0) is 11.3 Å². The Kier molecular flexibility index (Phi) is 5.09. The van der Waals surface area contributed by atoms with Crippen LogP contribution >= 0.6 is 0 Å². The monoisotopic (exact) mass is 277 g/mol. The van der Waals surface area contributed by atoms with E-state index in [4.69, 9.17) is 0 Å². The van der Waals surface area contributed by atoms with Crippen molar-refractivity contribution in [2.75, 3.05) is 33.3 Å². The molecule has 1 fully saturated rings. The van der Waals surface area contributed by atoms with Gasteiger partial charge in [0.25, 0.3) is 0 Å². The second-order valence-corrected chi connectivity index (χ2v) is 5.24. The molecule has 1 aromatic heterocycles. The van der Waals surface area contributed by atoms with Gasteiger partial charge in [-0.25, -0.2) is 4.79 Å². The lowest BCUT2D eigenvalue weighted by atomic mass is 10.1. The first-order valence-electron chi connectivity index (χ1n) is 7.13. The third kappa shape index (κ3) is 3.55. The zero-order valence-corrected chi connectivity index (χ0v) is 12.5. The van der Waals surface area contributed by atoms with Crippen LogP contribution in [0.5, 0.6) is 0 Å². The van der Waals surface area contributed by atoms with Crippen LogP contribution in [0, 0.1) is 0 Å². The SMILES string of the molecule is CCN1CCN(Cc2ccc(C(=O)OC)cn2)CC1C. The van der Waals surface area contributed by atoms with E-state index >= 15 is 0 Å². The Morgan fingerprint density at radius 2 is 2.25 bits per heavy atom. The second-order valence-electron chi connectivity index (χ2n) is 5.24. The minimum atomic E-state index is -0.339. The van der Waals surface area contributed by atoms with Crippen molar-refractivity contribution in [2.45, 2.75) is 26.4 Å². The van der Waals surface area contributed by atoms with E-state index in [-0.39, 0.29) is 5.97 Å². The van der Waals surface area contributed by atoms with Crippen LogP contribution in [0.1, 0.15) is 29.9 Å². The lowest BCUT2D eigenvalue weighted by molar-refractivity contribution is 0.0600. The molecule has 0 aromatic carbocycles. The molecule has 110 valence electrons. The van der Waals surface area contributed by atoms with Crippen molar-refractivity contribution in [3.8, 4) is 0 Å². The van der Waals surface area contributed by atoms with Gasteiger partial charge in [-0.15, -0.1) is 0 Å². The van der Waals surface area contributed by atoms with E-state index in [1.807, 2.05) is 6.07 Å². The van der Waals surface area contributed by atoms with Crippen LogP contribution < -0.4 is 0 Å². The zero-order valence-electron chi connectivity index (χ0n) is 12.5. The Hall–Kier alpha value is -1.46. The first-order valence-corrected chi connectivity index (χ1v) is 7.13. The highest BCUT2D eigenvalue weighted by molar-refractivity contribution is 5.88. The van der Waals surface area contributed by atoms with Crippen molar-refractivity contribution in [3.05, 3.63) is 29.6 Å². The topological polar surface area (TPSA) is 45.7 Å². The number of rotatable bonds is 4. The van der Waals surface area contributed by atoms with E-state index in [0.29, 0.717) is 11.6 Å². The van der Waals surface area contributed by atoms with Crippen molar-refractivity contribution in [1.29, 1.82) is 0 Å². The molecule has 5 nitrogen and oxygen atoms in total. The quantitative estimate of drug-likeness (QED) is 0.778. The molecule has 1 unspecified atom stereocenters. The molecular formula is C15H23N3O2. The number of carbonyl (C=O) groups excluding carboxylic acids is 1. The number of hydrogen-bond acceptors (Lipinski definition) is 5. The fourth-order valence-electron chi connectivity index (χ4n) is 2.67. The van der Waals surface area contributed by atoms with Gasteiger partial charge in [0.05, 0.1) is 18.4 Å². The molecule has 0 aliphatic carbocycles. The van der Waals surface area contributed by atoms with Gasteiger partial charge in [0, 0.05) is 38.4 Å². The van der Waals surface area contributed by atoms with Crippen molar-refractivity contribution < 1.29 is 9.53 Å². The third-order valence-electron chi connectivity index (χ3n) is 3.89. The van der Waals surface area contributed by atoms with Gasteiger partial charge >= 0.3 is 5.97 Å². The number of ether oxygens (including phenoxy) is 1. The number of pyridine rings is 1. The Bertz CT molecular complexity index is 447. The van der Waals surface area contributed by atoms with Crippen LogP contribution in [0.25, 0.3) is 0 Å². The smallest absolute Gasteiger partial charge is 0.339 e. The number of carbonyl (C=O) groups is 1. The molecule has 0 saturated carbocycles.